The van der Waals surface area contributed by atoms with E-state index in [2.05, 4.69) is 62.0 Å². The first-order valence-corrected chi connectivity index (χ1v) is 35.3. The van der Waals surface area contributed by atoms with Crippen molar-refractivity contribution in [2.24, 2.45) is 5.10 Å². The fourth-order valence-electron chi connectivity index (χ4n) is 12.3. The number of hydrazone groups is 1. The van der Waals surface area contributed by atoms with Crippen molar-refractivity contribution in [3.05, 3.63) is 173 Å². The fourth-order valence-corrected chi connectivity index (χ4v) is 13.0. The number of rotatable bonds is 34. The number of carbonyl (C=O) groups excluding carboxylic acids is 7. The van der Waals surface area contributed by atoms with Gasteiger partial charge in [0, 0.05) is 94.0 Å². The number of hydrogen-bond donors (Lipinski definition) is 11. The highest BCUT2D eigenvalue weighted by atomic mass is 32.2. The number of unbranched alkanes of at least 4 members (excludes halogenated alkanes) is 6. The summed E-state index contributed by atoms with van der Waals surface area (Å²) in [5.74, 6) is -3.85. The van der Waals surface area contributed by atoms with Gasteiger partial charge in [-0.1, -0.05) is 68.1 Å². The number of carboxylic acids is 2. The predicted molar refractivity (Wildman–Crippen MR) is 382 cm³/mol. The van der Waals surface area contributed by atoms with E-state index in [1.54, 1.807) is 66.4 Å². The molecule has 7 amide bonds. The first-order chi connectivity index (χ1) is 49.5. The van der Waals surface area contributed by atoms with Crippen LogP contribution in [-0.2, 0) is 65.1 Å². The second-order valence-electron chi connectivity index (χ2n) is 25.4. The number of nitrogens with one attached hydrogen (secondary N) is 8. The molecule has 103 heavy (non-hydrogen) atoms. The Hall–Kier alpha value is -11.6. The van der Waals surface area contributed by atoms with Crippen molar-refractivity contribution in [1.29, 1.82) is 0 Å². The van der Waals surface area contributed by atoms with E-state index in [0.29, 0.717) is 103 Å². The lowest BCUT2D eigenvalue weighted by Gasteiger charge is -2.24. The van der Waals surface area contributed by atoms with Gasteiger partial charge in [-0.15, -0.1) is 0 Å². The smallest absolute Gasteiger partial charge is 0.305 e. The molecule has 540 valence electrons. The first kappa shape index (κ1) is 74.1. The van der Waals surface area contributed by atoms with E-state index in [1.165, 1.54) is 52.5 Å². The number of amides is 7. The van der Waals surface area contributed by atoms with Gasteiger partial charge < -0.3 is 66.4 Å². The molecular weight excluding hydrogens is 1340 g/mol. The molecule has 31 heteroatoms. The van der Waals surface area contributed by atoms with Crippen LogP contribution in [0.5, 0.6) is 0 Å². The van der Waals surface area contributed by atoms with E-state index >= 15 is 0 Å². The Morgan fingerprint density at radius 2 is 1.13 bits per heavy atom. The minimum absolute atomic E-state index is 0.0592. The molecule has 0 spiro atoms. The monoisotopic (exact) mass is 1430 g/mol. The highest BCUT2D eigenvalue weighted by Gasteiger charge is 2.34. The van der Waals surface area contributed by atoms with Crippen LogP contribution in [0.4, 0.5) is 17.2 Å². The van der Waals surface area contributed by atoms with E-state index in [9.17, 15) is 66.3 Å². The van der Waals surface area contributed by atoms with Gasteiger partial charge in [-0.2, -0.15) is 13.5 Å². The van der Waals surface area contributed by atoms with Crippen molar-refractivity contribution in [2.45, 2.75) is 126 Å². The molecule has 0 fully saturated rings. The van der Waals surface area contributed by atoms with Gasteiger partial charge in [0.15, 0.2) is 0 Å². The molecule has 3 aromatic heterocycles. The molecular formula is C72H82N16O14S. The Morgan fingerprint density at radius 3 is 1.63 bits per heavy atom. The maximum atomic E-state index is 13.9. The quantitative estimate of drug-likeness (QED) is 0.00845. The number of benzene rings is 5. The van der Waals surface area contributed by atoms with Gasteiger partial charge >= 0.3 is 11.9 Å². The molecule has 3 atom stereocenters. The Kier molecular flexibility index (Phi) is 24.9. The summed E-state index contributed by atoms with van der Waals surface area (Å²) in [7, 11) is -1.20. The summed E-state index contributed by atoms with van der Waals surface area (Å²) in [6, 6.07) is 30.4. The molecule has 0 aliphatic carbocycles. The summed E-state index contributed by atoms with van der Waals surface area (Å²) >= 11 is 0. The van der Waals surface area contributed by atoms with Crippen LogP contribution in [-0.4, -0.2) is 186 Å². The summed E-state index contributed by atoms with van der Waals surface area (Å²) in [4.78, 5) is 146. The fraction of sp³-hybridized carbons (Fsp3) is 0.347. The van der Waals surface area contributed by atoms with Crippen LogP contribution in [0.2, 0.25) is 0 Å². The number of imidazole rings is 2. The molecule has 5 heterocycles. The van der Waals surface area contributed by atoms with Crippen molar-refractivity contribution < 1.29 is 66.3 Å². The normalized spacial score (nSPS) is 14.7. The number of nitrogens with zero attached hydrogens (tertiary/aromatic N) is 8. The van der Waals surface area contributed by atoms with Crippen LogP contribution >= 0.6 is 0 Å². The number of carbonyl (C=O) groups is 9. The molecule has 30 nitrogen and oxygen atoms in total. The summed E-state index contributed by atoms with van der Waals surface area (Å²) in [6.07, 6.45) is 5.95. The molecule has 0 saturated carbocycles. The number of aliphatic carboxylic acids is 2. The summed E-state index contributed by atoms with van der Waals surface area (Å²) < 4.78 is 33.3. The first-order valence-electron chi connectivity index (χ1n) is 33.9. The van der Waals surface area contributed by atoms with Crippen LogP contribution < -0.4 is 32.0 Å². The topological polar surface area (TPSA) is 416 Å². The number of H-pyrrole nitrogens is 2. The zero-order valence-corrected chi connectivity index (χ0v) is 57.7. The van der Waals surface area contributed by atoms with Crippen molar-refractivity contribution in [3.63, 3.8) is 0 Å². The molecule has 5 aromatic carbocycles. The number of aromatic amines is 2. The summed E-state index contributed by atoms with van der Waals surface area (Å²) in [5.41, 5.74) is 9.20. The zero-order valence-electron chi connectivity index (χ0n) is 56.9. The third-order valence-corrected chi connectivity index (χ3v) is 18.6. The number of anilines is 3. The van der Waals surface area contributed by atoms with Crippen LogP contribution in [0, 0.1) is 0 Å². The van der Waals surface area contributed by atoms with E-state index in [-0.39, 0.29) is 104 Å². The Labute approximate surface area is 593 Å². The van der Waals surface area contributed by atoms with Gasteiger partial charge in [0.05, 0.1) is 59.8 Å². The number of aromatic nitrogens is 5. The van der Waals surface area contributed by atoms with E-state index in [0.717, 1.165) is 22.1 Å². The SMILES string of the molecule is CN(Cc1nc2ccccc2[nH]1)C(=O)c1ccc2c(c1)CN(CCCCCCNC(=O)CC[C@H](NC(=O)c1ccc(N/N=C/c3ccccc3S(=O)(=O)O)nc1)C(=O)NCCCCCCN1Cc3cc(C(=O)N(C)Cc4nc5ccccc5[nH]4)ccc3NC(CC(=O)O)C1=O)C(=O)C(CC(=O)O)N2. The minimum atomic E-state index is -4.54. The third-order valence-electron chi connectivity index (χ3n) is 17.6. The van der Waals surface area contributed by atoms with Crippen LogP contribution in [0.3, 0.4) is 0 Å². The van der Waals surface area contributed by atoms with Crippen molar-refractivity contribution in [1.82, 2.24) is 60.5 Å². The largest absolute Gasteiger partial charge is 0.481 e. The zero-order chi connectivity index (χ0) is 73.2. The molecule has 11 N–H and O–H groups in total. The number of para-hydroxylation sites is 4. The van der Waals surface area contributed by atoms with Crippen LogP contribution in [0.25, 0.3) is 22.1 Å². The standard InChI is InChI=1S/C72H82N16O14S/c1-85(43-62-79-53-18-8-9-19-54(53)80-62)69(96)45-23-26-51-49(35-45)41-87(71(98)58(77-51)37-65(90)91)33-15-5-3-13-31-73-64(89)30-28-57(83-67(94)48-25-29-61(75-39-48)84-76-40-47-17-7-12-22-60(47)103(100,101)102)68(95)74-32-14-4-6-16-34-88-42-50-36-46(24-27-52(50)78-59(72(88)99)38-66(92)93)70(97)86(2)44-63-81-55-20-10-11-21-56(55)82-63/h7-12,17-27,29,35-36,39-40,57-59,77-78H,3-6,13-16,28,30-34,37-38,41-44H2,1-2H3,(H,73,89)(H,74,95)(H,75,84)(H,79,80)(H,81,82)(H,83,94)(H,90,91)(H,92,93)(H,100,101,102)/b76-40+/t57-,58?,59?/m0/s1. The lowest BCUT2D eigenvalue weighted by Crippen LogP contribution is -2.47. The van der Waals surface area contributed by atoms with Gasteiger partial charge in [0.1, 0.15) is 40.5 Å². The second-order valence-corrected chi connectivity index (χ2v) is 26.8. The minimum Gasteiger partial charge on any atom is -0.481 e. The van der Waals surface area contributed by atoms with Crippen LogP contribution in [0.15, 0.2) is 138 Å². The number of hydrogen-bond acceptors (Lipinski definition) is 18. The van der Waals surface area contributed by atoms with Gasteiger partial charge in [0.2, 0.25) is 23.6 Å². The maximum absolute atomic E-state index is 13.9. The molecule has 2 unspecified atom stereocenters. The Bertz CT molecular complexity index is 4520. The van der Waals surface area contributed by atoms with Crippen molar-refractivity contribution in [3.8, 4) is 0 Å². The number of carboxylic acid groups (broad SMARTS) is 2. The van der Waals surface area contributed by atoms with Crippen LogP contribution in [0.1, 0.15) is 136 Å². The molecule has 2 aliphatic heterocycles. The van der Waals surface area contributed by atoms with E-state index in [1.807, 2.05) is 48.5 Å². The van der Waals surface area contributed by atoms with Gasteiger partial charge in [-0.25, -0.2) is 15.0 Å². The molecule has 10 rings (SSSR count). The van der Waals surface area contributed by atoms with Gasteiger partial charge in [-0.05, 0) is 122 Å². The molecule has 0 radical (unpaired) electrons. The Morgan fingerprint density at radius 1 is 0.631 bits per heavy atom. The highest BCUT2D eigenvalue weighted by Crippen LogP contribution is 2.30. The van der Waals surface area contributed by atoms with E-state index in [4.69, 9.17) is 0 Å². The van der Waals surface area contributed by atoms with Crippen molar-refractivity contribution in [2.75, 3.05) is 56.3 Å². The maximum Gasteiger partial charge on any atom is 0.305 e. The van der Waals surface area contributed by atoms with E-state index < -0.39 is 70.7 Å². The highest BCUT2D eigenvalue weighted by molar-refractivity contribution is 7.86. The van der Waals surface area contributed by atoms with Crippen molar-refractivity contribution >= 4 is 109 Å². The lowest BCUT2D eigenvalue weighted by atomic mass is 10.1. The third kappa shape index (κ3) is 20.3. The lowest BCUT2D eigenvalue weighted by molar-refractivity contribution is -0.141. The molecule has 0 bridgehead atoms. The summed E-state index contributed by atoms with van der Waals surface area (Å²) in [6.45, 7) is 1.75. The van der Waals surface area contributed by atoms with Gasteiger partial charge in [-0.3, -0.25) is 53.1 Å². The molecule has 8 aromatic rings. The van der Waals surface area contributed by atoms with Gasteiger partial charge in [0.25, 0.3) is 27.8 Å². The molecule has 2 aliphatic rings. The number of pyridine rings is 1. The average molecular weight is 1430 g/mol. The Balaban J connectivity index is 0.702. The average Bonchev–Trinajstić information content (AvgIpc) is 1.71. The predicted octanol–water partition coefficient (Wildman–Crippen LogP) is 6.90. The molecule has 0 saturated heterocycles. The second kappa shape index (κ2) is 34.7. The number of fused-ring (bicyclic) bond motifs is 4. The summed E-state index contributed by atoms with van der Waals surface area (Å²) in [5, 5.41) is 38.2.